The number of nitrogens with two attached hydrogens (primary N) is 1. The molecule has 0 saturated carbocycles. The molecular weight excluding hydrogens is 120 g/mol. The van der Waals surface area contributed by atoms with Crippen LogP contribution in [0.25, 0.3) is 0 Å². The van der Waals surface area contributed by atoms with Crippen LogP contribution in [0.4, 0.5) is 9.09 Å². The standard InChI is InChI=1S/C3H6FNO2.FH/c4-1-2(5)3(6)7;/h2H,1,5H2,(H,6,7);1H. The van der Waals surface area contributed by atoms with Crippen molar-refractivity contribution >= 4 is 5.97 Å². The zero-order valence-corrected chi connectivity index (χ0v) is 4.00. The molecule has 0 aromatic carbocycles. The second kappa shape index (κ2) is 4.45. The van der Waals surface area contributed by atoms with Crippen molar-refractivity contribution in [3.05, 3.63) is 0 Å². The van der Waals surface area contributed by atoms with Crippen LogP contribution in [-0.2, 0) is 4.79 Å². The lowest BCUT2D eigenvalue weighted by molar-refractivity contribution is -0.138. The molecule has 0 aromatic heterocycles. The van der Waals surface area contributed by atoms with Crippen LogP contribution in [0.1, 0.15) is 0 Å². The molecule has 1 atom stereocenters. The maximum Gasteiger partial charge on any atom is 0.323 e. The smallest absolute Gasteiger partial charge is 0.323 e. The topological polar surface area (TPSA) is 63.3 Å². The molecule has 0 saturated heterocycles. The monoisotopic (exact) mass is 127 g/mol. The summed E-state index contributed by atoms with van der Waals surface area (Å²) in [6, 6.07) is -1.35. The molecular formula is C3H7F2NO2. The van der Waals surface area contributed by atoms with Gasteiger partial charge in [-0.2, -0.15) is 0 Å². The second-order valence-corrected chi connectivity index (χ2v) is 1.10. The molecule has 0 heterocycles. The third-order valence-corrected chi connectivity index (χ3v) is 0.483. The molecule has 1 unspecified atom stereocenters. The zero-order chi connectivity index (χ0) is 5.86. The number of carboxylic acids is 1. The molecule has 0 bridgehead atoms. The van der Waals surface area contributed by atoms with Gasteiger partial charge < -0.3 is 10.8 Å². The summed E-state index contributed by atoms with van der Waals surface area (Å²) in [6.45, 7) is -1.00. The van der Waals surface area contributed by atoms with Crippen molar-refractivity contribution in [1.82, 2.24) is 0 Å². The molecule has 0 aliphatic carbocycles. The van der Waals surface area contributed by atoms with E-state index in [-0.39, 0.29) is 4.70 Å². The van der Waals surface area contributed by atoms with Gasteiger partial charge in [0.05, 0.1) is 0 Å². The van der Waals surface area contributed by atoms with Gasteiger partial charge in [-0.25, -0.2) is 4.39 Å². The van der Waals surface area contributed by atoms with E-state index in [4.69, 9.17) is 5.11 Å². The normalized spacial score (nSPS) is 11.8. The van der Waals surface area contributed by atoms with E-state index in [1.165, 1.54) is 0 Å². The van der Waals surface area contributed by atoms with Crippen LogP contribution in [0.15, 0.2) is 0 Å². The lowest BCUT2D eigenvalue weighted by atomic mass is 10.4. The van der Waals surface area contributed by atoms with Gasteiger partial charge in [0.15, 0.2) is 0 Å². The zero-order valence-electron chi connectivity index (χ0n) is 4.00. The van der Waals surface area contributed by atoms with Gasteiger partial charge in [0.1, 0.15) is 12.7 Å². The number of halogens is 2. The van der Waals surface area contributed by atoms with Crippen molar-refractivity contribution in [2.45, 2.75) is 6.04 Å². The van der Waals surface area contributed by atoms with Crippen molar-refractivity contribution in [2.75, 3.05) is 6.67 Å². The van der Waals surface area contributed by atoms with E-state index in [0.717, 1.165) is 0 Å². The van der Waals surface area contributed by atoms with Gasteiger partial charge in [0.25, 0.3) is 0 Å². The van der Waals surface area contributed by atoms with Gasteiger partial charge in [-0.05, 0) is 0 Å². The fraction of sp³-hybridized carbons (Fsp3) is 0.667. The minimum Gasteiger partial charge on any atom is -0.480 e. The van der Waals surface area contributed by atoms with E-state index in [1.54, 1.807) is 0 Å². The maximum atomic E-state index is 11.1. The lowest BCUT2D eigenvalue weighted by Gasteiger charge is -1.94. The molecule has 0 rings (SSSR count). The van der Waals surface area contributed by atoms with E-state index in [9.17, 15) is 9.18 Å². The van der Waals surface area contributed by atoms with E-state index >= 15 is 0 Å². The Hall–Kier alpha value is -0.710. The number of rotatable bonds is 2. The van der Waals surface area contributed by atoms with Gasteiger partial charge in [-0.1, -0.05) is 0 Å². The second-order valence-electron chi connectivity index (χ2n) is 1.10. The SMILES string of the molecule is F.NC(CF)C(=O)O. The Kier molecular flexibility index (Phi) is 5.73. The Labute approximate surface area is 44.7 Å². The van der Waals surface area contributed by atoms with Crippen LogP contribution < -0.4 is 5.73 Å². The molecule has 0 amide bonds. The number of alkyl halides is 1. The number of hydrogen-bond donors (Lipinski definition) is 2. The average Bonchev–Trinajstić information content (AvgIpc) is 1.65. The largest absolute Gasteiger partial charge is 0.480 e. The summed E-state index contributed by atoms with van der Waals surface area (Å²) in [4.78, 5) is 9.57. The third kappa shape index (κ3) is 3.48. The maximum absolute atomic E-state index is 11.1. The fourth-order valence-electron chi connectivity index (χ4n) is 0.0660. The molecule has 0 spiro atoms. The average molecular weight is 127 g/mol. The van der Waals surface area contributed by atoms with Crippen LogP contribution in [0.2, 0.25) is 0 Å². The highest BCUT2D eigenvalue weighted by Gasteiger charge is 2.08. The molecule has 3 nitrogen and oxygen atoms in total. The Balaban J connectivity index is 0. The quantitative estimate of drug-likeness (QED) is 0.526. The number of aliphatic carboxylic acids is 1. The number of hydrogen-bond acceptors (Lipinski definition) is 2. The number of carbonyl (C=O) groups is 1. The Morgan fingerprint density at radius 3 is 2.25 bits per heavy atom. The van der Waals surface area contributed by atoms with Crippen molar-refractivity contribution in [3.8, 4) is 0 Å². The Bertz CT molecular complexity index is 77.7. The van der Waals surface area contributed by atoms with Crippen LogP contribution >= 0.6 is 0 Å². The van der Waals surface area contributed by atoms with Gasteiger partial charge in [-0.15, -0.1) is 0 Å². The van der Waals surface area contributed by atoms with Crippen LogP contribution in [0.3, 0.4) is 0 Å². The van der Waals surface area contributed by atoms with Gasteiger partial charge in [0.2, 0.25) is 0 Å². The summed E-state index contributed by atoms with van der Waals surface area (Å²) < 4.78 is 11.1. The highest BCUT2D eigenvalue weighted by Crippen LogP contribution is 1.76. The van der Waals surface area contributed by atoms with Crippen LogP contribution in [0, 0.1) is 0 Å². The summed E-state index contributed by atoms with van der Waals surface area (Å²) in [5, 5.41) is 7.82. The Morgan fingerprint density at radius 2 is 2.25 bits per heavy atom. The minimum atomic E-state index is -1.35. The van der Waals surface area contributed by atoms with E-state index < -0.39 is 18.7 Å². The van der Waals surface area contributed by atoms with Gasteiger partial charge in [0, 0.05) is 0 Å². The highest BCUT2D eigenvalue weighted by atomic mass is 19.1. The molecule has 0 aliphatic rings. The Morgan fingerprint density at radius 1 is 1.88 bits per heavy atom. The summed E-state index contributed by atoms with van der Waals surface area (Å²) in [5.41, 5.74) is 4.64. The molecule has 0 aliphatic heterocycles. The predicted molar refractivity (Wildman–Crippen MR) is 24.1 cm³/mol. The molecule has 0 fully saturated rings. The summed E-state index contributed by atoms with van der Waals surface area (Å²) in [6.07, 6.45) is 0. The summed E-state index contributed by atoms with van der Waals surface area (Å²) in [7, 11) is 0. The summed E-state index contributed by atoms with van der Waals surface area (Å²) in [5.74, 6) is -1.30. The molecule has 0 aromatic rings. The third-order valence-electron chi connectivity index (χ3n) is 0.483. The molecule has 3 N–H and O–H groups in total. The molecule has 8 heavy (non-hydrogen) atoms. The molecule has 5 heteroatoms. The molecule has 50 valence electrons. The first-order chi connectivity index (χ1) is 3.18. The minimum absolute atomic E-state index is 0. The van der Waals surface area contributed by atoms with Crippen molar-refractivity contribution in [1.29, 1.82) is 0 Å². The first-order valence-electron chi connectivity index (χ1n) is 1.73. The predicted octanol–water partition coefficient (Wildman–Crippen LogP) is -0.480. The fourth-order valence-corrected chi connectivity index (χ4v) is 0.0660. The van der Waals surface area contributed by atoms with E-state index in [0.29, 0.717) is 0 Å². The lowest BCUT2D eigenvalue weighted by Crippen LogP contribution is -2.31. The van der Waals surface area contributed by atoms with E-state index in [1.807, 2.05) is 0 Å². The molecule has 0 radical (unpaired) electrons. The first-order valence-corrected chi connectivity index (χ1v) is 1.73. The van der Waals surface area contributed by atoms with Gasteiger partial charge in [-0.3, -0.25) is 9.50 Å². The first kappa shape index (κ1) is 10.3. The van der Waals surface area contributed by atoms with Gasteiger partial charge >= 0.3 is 5.97 Å². The highest BCUT2D eigenvalue weighted by molar-refractivity contribution is 5.73. The van der Waals surface area contributed by atoms with Crippen molar-refractivity contribution in [3.63, 3.8) is 0 Å². The van der Waals surface area contributed by atoms with Crippen LogP contribution in [0.5, 0.6) is 0 Å². The number of carboxylic acid groups (broad SMARTS) is 1. The van der Waals surface area contributed by atoms with E-state index in [2.05, 4.69) is 5.73 Å². The van der Waals surface area contributed by atoms with Crippen molar-refractivity contribution in [2.24, 2.45) is 5.73 Å². The van der Waals surface area contributed by atoms with Crippen LogP contribution in [-0.4, -0.2) is 23.8 Å². The summed E-state index contributed by atoms with van der Waals surface area (Å²) >= 11 is 0. The van der Waals surface area contributed by atoms with Crippen molar-refractivity contribution < 1.29 is 19.0 Å².